The van der Waals surface area contributed by atoms with E-state index in [4.69, 9.17) is 0 Å². The van der Waals surface area contributed by atoms with Crippen LogP contribution in [0, 0.1) is 69.0 Å². The number of rotatable bonds is 0. The minimum absolute atomic E-state index is 0.906. The highest BCUT2D eigenvalue weighted by atomic mass is 15.0. The van der Waals surface area contributed by atoms with Gasteiger partial charge in [0.2, 0.25) is 0 Å². The predicted octanol–water partition coefficient (Wildman–Crippen LogP) is 7.23. The first-order valence-electron chi connectivity index (χ1n) is 13.8. The van der Waals surface area contributed by atoms with Crippen LogP contribution in [0.15, 0.2) is 0 Å². The first kappa shape index (κ1) is 15.8. The fourth-order valence-corrected chi connectivity index (χ4v) is 13.7. The standard InChI is InChI=1S/C28H40/c1-2-10-25(9-1)17-18(25)20-22(27(20)13-5-6-14-27)24-23(28(24)15-7-8-16-28)21-19(17)26(21)11-3-4-12-26/h17-24H,1-16H2. The van der Waals surface area contributed by atoms with E-state index in [1.165, 1.54) is 47.3 Å². The average molecular weight is 377 g/mol. The van der Waals surface area contributed by atoms with Crippen molar-refractivity contribution in [2.75, 3.05) is 0 Å². The van der Waals surface area contributed by atoms with Crippen LogP contribution in [0.5, 0.6) is 0 Å². The molecule has 9 fully saturated rings. The van der Waals surface area contributed by atoms with Crippen molar-refractivity contribution < 1.29 is 0 Å². The first-order chi connectivity index (χ1) is 13.8. The van der Waals surface area contributed by atoms with Gasteiger partial charge in [-0.2, -0.15) is 0 Å². The highest BCUT2D eigenvalue weighted by molar-refractivity contribution is 5.40. The normalized spacial score (nSPS) is 58.3. The third-order valence-electron chi connectivity index (χ3n) is 14.1. The SMILES string of the molecule is C1CCC2(C1)C1C2C2C(C3C(C4C1C41CCCC1)C31CCCC1)C21CCCC1. The van der Waals surface area contributed by atoms with Crippen LogP contribution in [0.3, 0.4) is 0 Å². The molecule has 0 saturated heterocycles. The lowest BCUT2D eigenvalue weighted by Crippen LogP contribution is -2.04. The Hall–Kier alpha value is 0. The molecule has 4 spiro atoms. The molecule has 0 aromatic carbocycles. The van der Waals surface area contributed by atoms with Crippen LogP contribution in [0.4, 0.5) is 0 Å². The Morgan fingerprint density at radius 1 is 0.250 bits per heavy atom. The summed E-state index contributed by atoms with van der Waals surface area (Å²) in [5.41, 5.74) is 3.63. The molecule has 0 heteroatoms. The van der Waals surface area contributed by atoms with Gasteiger partial charge in [0.05, 0.1) is 0 Å². The van der Waals surface area contributed by atoms with Crippen LogP contribution in [0.1, 0.15) is 103 Å². The third-order valence-corrected chi connectivity index (χ3v) is 14.1. The minimum atomic E-state index is 0.906. The molecule has 9 rings (SSSR count). The molecule has 0 N–H and O–H groups in total. The summed E-state index contributed by atoms with van der Waals surface area (Å²) in [7, 11) is 0. The van der Waals surface area contributed by atoms with Gasteiger partial charge in [-0.1, -0.05) is 51.4 Å². The lowest BCUT2D eigenvalue weighted by atomic mass is 9.92. The Bertz CT molecular complexity index is 552. The van der Waals surface area contributed by atoms with E-state index in [2.05, 4.69) is 0 Å². The Balaban J connectivity index is 1.20. The minimum Gasteiger partial charge on any atom is -0.0527 e. The van der Waals surface area contributed by atoms with E-state index in [1.807, 2.05) is 0 Å². The van der Waals surface area contributed by atoms with Crippen LogP contribution in [0.25, 0.3) is 0 Å². The smallest absolute Gasteiger partial charge is 0.0229 e. The van der Waals surface area contributed by atoms with Crippen molar-refractivity contribution >= 4 is 0 Å². The molecule has 152 valence electrons. The maximum atomic E-state index is 1.67. The maximum absolute atomic E-state index is 1.67. The summed E-state index contributed by atoms with van der Waals surface area (Å²) in [6.07, 6.45) is 26.1. The van der Waals surface area contributed by atoms with Crippen molar-refractivity contribution in [2.45, 2.75) is 103 Å². The van der Waals surface area contributed by atoms with Gasteiger partial charge in [-0.25, -0.2) is 0 Å². The van der Waals surface area contributed by atoms with Gasteiger partial charge in [-0.15, -0.1) is 0 Å². The van der Waals surface area contributed by atoms with E-state index in [0.717, 1.165) is 21.7 Å². The Morgan fingerprint density at radius 2 is 0.393 bits per heavy atom. The fourth-order valence-electron chi connectivity index (χ4n) is 13.7. The van der Waals surface area contributed by atoms with E-state index in [9.17, 15) is 0 Å². The monoisotopic (exact) mass is 376 g/mol. The second kappa shape index (κ2) is 4.46. The lowest BCUT2D eigenvalue weighted by molar-refractivity contribution is 0.367. The summed E-state index contributed by atoms with van der Waals surface area (Å²) in [6.45, 7) is 0. The number of hydrogen-bond acceptors (Lipinski definition) is 0. The van der Waals surface area contributed by atoms with Crippen LogP contribution >= 0.6 is 0 Å². The zero-order valence-corrected chi connectivity index (χ0v) is 17.9. The largest absolute Gasteiger partial charge is 0.0527 e. The molecule has 0 unspecified atom stereocenters. The molecule has 9 aliphatic carbocycles. The Morgan fingerprint density at radius 3 is 0.536 bits per heavy atom. The van der Waals surface area contributed by atoms with Crippen LogP contribution < -0.4 is 0 Å². The van der Waals surface area contributed by atoms with Gasteiger partial charge in [0.15, 0.2) is 0 Å². The van der Waals surface area contributed by atoms with Crippen molar-refractivity contribution in [3.63, 3.8) is 0 Å². The van der Waals surface area contributed by atoms with Crippen LogP contribution in [-0.4, -0.2) is 0 Å². The summed E-state index contributed by atoms with van der Waals surface area (Å²) in [5.74, 6) is 9.93. The summed E-state index contributed by atoms with van der Waals surface area (Å²) in [4.78, 5) is 0. The van der Waals surface area contributed by atoms with Gasteiger partial charge < -0.3 is 0 Å². The molecule has 0 aliphatic heterocycles. The van der Waals surface area contributed by atoms with Gasteiger partial charge in [-0.3, -0.25) is 0 Å². The van der Waals surface area contributed by atoms with E-state index < -0.39 is 0 Å². The molecule has 0 aromatic rings. The molecular formula is C28H40. The second-order valence-corrected chi connectivity index (χ2v) is 14.0. The fraction of sp³-hybridized carbons (Fsp3) is 1.00. The van der Waals surface area contributed by atoms with E-state index in [0.29, 0.717) is 0 Å². The van der Waals surface area contributed by atoms with Crippen LogP contribution in [0.2, 0.25) is 0 Å². The molecular weight excluding hydrogens is 336 g/mol. The second-order valence-electron chi connectivity index (χ2n) is 14.0. The molecule has 0 radical (unpaired) electrons. The molecule has 9 saturated carbocycles. The highest BCUT2D eigenvalue weighted by Gasteiger charge is 2.93. The topological polar surface area (TPSA) is 0 Å². The molecule has 0 amide bonds. The predicted molar refractivity (Wildman–Crippen MR) is 112 cm³/mol. The van der Waals surface area contributed by atoms with Crippen molar-refractivity contribution in [3.05, 3.63) is 0 Å². The molecule has 28 heavy (non-hydrogen) atoms. The van der Waals surface area contributed by atoms with Gasteiger partial charge in [0.25, 0.3) is 0 Å². The van der Waals surface area contributed by atoms with Crippen molar-refractivity contribution in [3.8, 4) is 0 Å². The Kier molecular flexibility index (Phi) is 2.51. The van der Waals surface area contributed by atoms with E-state index in [1.54, 1.807) is 103 Å². The maximum Gasteiger partial charge on any atom is -0.0229 e. The van der Waals surface area contributed by atoms with Crippen molar-refractivity contribution in [1.82, 2.24) is 0 Å². The van der Waals surface area contributed by atoms with Crippen molar-refractivity contribution in [1.29, 1.82) is 0 Å². The zero-order valence-electron chi connectivity index (χ0n) is 17.9. The van der Waals surface area contributed by atoms with Gasteiger partial charge in [0.1, 0.15) is 0 Å². The van der Waals surface area contributed by atoms with Gasteiger partial charge in [-0.05, 0) is 120 Å². The molecule has 0 bridgehead atoms. The van der Waals surface area contributed by atoms with E-state index >= 15 is 0 Å². The highest BCUT2D eigenvalue weighted by Crippen LogP contribution is 2.98. The Labute approximate surface area is 172 Å². The molecule has 0 nitrogen and oxygen atoms in total. The average Bonchev–Trinajstić information content (AvgIpc) is 3.40. The lowest BCUT2D eigenvalue weighted by Gasteiger charge is -2.12. The molecule has 0 atom stereocenters. The van der Waals surface area contributed by atoms with Gasteiger partial charge in [0, 0.05) is 0 Å². The van der Waals surface area contributed by atoms with Crippen molar-refractivity contribution in [2.24, 2.45) is 69.0 Å². The summed E-state index contributed by atoms with van der Waals surface area (Å²) in [5, 5.41) is 0. The van der Waals surface area contributed by atoms with Gasteiger partial charge >= 0.3 is 0 Å². The first-order valence-corrected chi connectivity index (χ1v) is 13.8. The summed E-state index contributed by atoms with van der Waals surface area (Å²) < 4.78 is 0. The zero-order chi connectivity index (χ0) is 17.9. The number of hydrogen-bond donors (Lipinski definition) is 0. The third kappa shape index (κ3) is 1.39. The molecule has 0 aromatic heterocycles. The quantitative estimate of drug-likeness (QED) is 0.391. The summed E-state index contributed by atoms with van der Waals surface area (Å²) in [6, 6.07) is 0. The summed E-state index contributed by atoms with van der Waals surface area (Å²) >= 11 is 0. The molecule has 9 aliphatic rings. The van der Waals surface area contributed by atoms with E-state index in [-0.39, 0.29) is 0 Å². The molecule has 0 heterocycles. The van der Waals surface area contributed by atoms with Crippen LogP contribution in [-0.2, 0) is 0 Å². The number of fused-ring (bicyclic) bond motifs is 16.